The van der Waals surface area contributed by atoms with Crippen molar-refractivity contribution in [3.8, 4) is 0 Å². The molecule has 5 aliphatic carbocycles. The molecular formula is C51H90O5. The van der Waals surface area contributed by atoms with Gasteiger partial charge in [-0.25, -0.2) is 4.79 Å². The third-order valence-corrected chi connectivity index (χ3v) is 18.5. The van der Waals surface area contributed by atoms with Crippen LogP contribution in [0.2, 0.25) is 0 Å². The SMILES string of the molecule is C=C(C)C1CCC2(C)CCC3(C)C(CCC4C5(C)CCC(OC(=O)C(O)COC(O)CCCCCCCCCCCCCCCCC)C(C)(C)C5CCC43C)C12. The van der Waals surface area contributed by atoms with E-state index in [4.69, 9.17) is 9.47 Å². The van der Waals surface area contributed by atoms with E-state index in [0.717, 1.165) is 37.5 Å². The molecule has 0 radical (unpaired) electrons. The number of unbranched alkanes of at least 4 members (excludes halogenated alkanes) is 14. The van der Waals surface area contributed by atoms with Crippen molar-refractivity contribution in [2.45, 2.75) is 241 Å². The first-order valence-corrected chi connectivity index (χ1v) is 24.4. The molecule has 56 heavy (non-hydrogen) atoms. The third-order valence-electron chi connectivity index (χ3n) is 18.5. The zero-order valence-electron chi connectivity index (χ0n) is 38.0. The van der Waals surface area contributed by atoms with Gasteiger partial charge in [0.2, 0.25) is 0 Å². The smallest absolute Gasteiger partial charge is 0.337 e. The van der Waals surface area contributed by atoms with Crippen LogP contribution >= 0.6 is 0 Å². The number of aliphatic hydroxyl groups excluding tert-OH is 2. The number of ether oxygens (including phenoxy) is 2. The molecule has 0 aliphatic heterocycles. The van der Waals surface area contributed by atoms with Crippen molar-refractivity contribution >= 4 is 5.97 Å². The number of hydrogen-bond acceptors (Lipinski definition) is 5. The Bertz CT molecular complexity index is 1260. The van der Waals surface area contributed by atoms with E-state index in [1.54, 1.807) is 0 Å². The highest BCUT2D eigenvalue weighted by atomic mass is 16.6. The second-order valence-electron chi connectivity index (χ2n) is 22.2. The fourth-order valence-corrected chi connectivity index (χ4v) is 14.9. The molecule has 5 fully saturated rings. The van der Waals surface area contributed by atoms with Crippen molar-refractivity contribution in [3.05, 3.63) is 12.2 Å². The van der Waals surface area contributed by atoms with Crippen molar-refractivity contribution in [1.29, 1.82) is 0 Å². The van der Waals surface area contributed by atoms with Crippen molar-refractivity contribution in [2.24, 2.45) is 56.7 Å². The molecule has 5 aliphatic rings. The first kappa shape index (κ1) is 46.2. The number of carbonyl (C=O) groups excluding carboxylic acids is 1. The molecule has 0 saturated heterocycles. The number of aliphatic hydroxyl groups is 2. The molecule has 5 rings (SSSR count). The van der Waals surface area contributed by atoms with Gasteiger partial charge in [0.05, 0.1) is 6.61 Å². The second-order valence-corrected chi connectivity index (χ2v) is 22.2. The topological polar surface area (TPSA) is 76.0 Å². The van der Waals surface area contributed by atoms with Crippen molar-refractivity contribution in [2.75, 3.05) is 6.61 Å². The number of rotatable bonds is 22. The molecule has 2 N–H and O–H groups in total. The van der Waals surface area contributed by atoms with E-state index in [0.29, 0.717) is 40.4 Å². The summed E-state index contributed by atoms with van der Waals surface area (Å²) in [6.45, 7) is 24.2. The molecule has 0 amide bonds. The Morgan fingerprint density at radius 3 is 1.86 bits per heavy atom. The molecule has 0 heterocycles. The maximum atomic E-state index is 13.3. The lowest BCUT2D eigenvalue weighted by atomic mass is 9.32. The van der Waals surface area contributed by atoms with Crippen LogP contribution in [0.3, 0.4) is 0 Å². The van der Waals surface area contributed by atoms with Crippen LogP contribution in [0, 0.1) is 56.7 Å². The fourth-order valence-electron chi connectivity index (χ4n) is 14.9. The molecule has 0 bridgehead atoms. The molecule has 0 aromatic carbocycles. The number of hydrogen-bond donors (Lipinski definition) is 2. The molecule has 324 valence electrons. The predicted octanol–water partition coefficient (Wildman–Crippen LogP) is 13.5. The average molecular weight is 783 g/mol. The van der Waals surface area contributed by atoms with E-state index < -0.39 is 18.4 Å². The van der Waals surface area contributed by atoms with Crippen LogP contribution in [0.5, 0.6) is 0 Å². The molecule has 0 spiro atoms. The van der Waals surface area contributed by atoms with E-state index in [1.807, 2.05) is 0 Å². The molecule has 12 unspecified atom stereocenters. The lowest BCUT2D eigenvalue weighted by Crippen LogP contribution is -2.66. The van der Waals surface area contributed by atoms with Crippen LogP contribution in [-0.2, 0) is 14.3 Å². The highest BCUT2D eigenvalue weighted by Gasteiger charge is 2.70. The molecule has 12 atom stereocenters. The molecule has 0 aromatic rings. The van der Waals surface area contributed by atoms with Crippen LogP contribution in [0.1, 0.15) is 222 Å². The maximum absolute atomic E-state index is 13.3. The number of fused-ring (bicyclic) bond motifs is 7. The van der Waals surface area contributed by atoms with Gasteiger partial charge in [0.25, 0.3) is 0 Å². The lowest BCUT2D eigenvalue weighted by Gasteiger charge is -2.73. The summed E-state index contributed by atoms with van der Waals surface area (Å²) in [5.41, 5.74) is 2.57. The summed E-state index contributed by atoms with van der Waals surface area (Å²) in [6, 6.07) is 0. The van der Waals surface area contributed by atoms with E-state index in [9.17, 15) is 15.0 Å². The van der Waals surface area contributed by atoms with Crippen LogP contribution in [0.15, 0.2) is 12.2 Å². The van der Waals surface area contributed by atoms with E-state index >= 15 is 0 Å². The molecule has 5 saturated carbocycles. The van der Waals surface area contributed by atoms with Gasteiger partial charge in [0.15, 0.2) is 12.4 Å². The van der Waals surface area contributed by atoms with E-state index in [1.165, 1.54) is 140 Å². The summed E-state index contributed by atoms with van der Waals surface area (Å²) in [5.74, 6) is 2.78. The number of esters is 1. The van der Waals surface area contributed by atoms with Crippen LogP contribution in [0.4, 0.5) is 0 Å². The largest absolute Gasteiger partial charge is 0.460 e. The van der Waals surface area contributed by atoms with Gasteiger partial charge >= 0.3 is 5.97 Å². The van der Waals surface area contributed by atoms with Crippen LogP contribution in [-0.4, -0.2) is 41.3 Å². The summed E-state index contributed by atoms with van der Waals surface area (Å²) in [7, 11) is 0. The Morgan fingerprint density at radius 2 is 1.27 bits per heavy atom. The van der Waals surface area contributed by atoms with Gasteiger partial charge in [-0.3, -0.25) is 0 Å². The summed E-state index contributed by atoms with van der Waals surface area (Å²) < 4.78 is 11.7. The van der Waals surface area contributed by atoms with Gasteiger partial charge in [0.1, 0.15) is 6.10 Å². The van der Waals surface area contributed by atoms with E-state index in [2.05, 4.69) is 62.0 Å². The highest BCUT2D eigenvalue weighted by Crippen LogP contribution is 2.77. The highest BCUT2D eigenvalue weighted by molar-refractivity contribution is 5.74. The Morgan fingerprint density at radius 1 is 0.679 bits per heavy atom. The number of carbonyl (C=O) groups is 1. The van der Waals surface area contributed by atoms with Crippen LogP contribution < -0.4 is 0 Å². The van der Waals surface area contributed by atoms with Gasteiger partial charge in [-0.15, -0.1) is 0 Å². The minimum absolute atomic E-state index is 0.184. The normalized spacial score (nSPS) is 38.5. The Balaban J connectivity index is 1.02. The maximum Gasteiger partial charge on any atom is 0.337 e. The fraction of sp³-hybridized carbons (Fsp3) is 0.941. The molecule has 5 heteroatoms. The van der Waals surface area contributed by atoms with Gasteiger partial charge in [-0.2, -0.15) is 0 Å². The minimum atomic E-state index is -1.38. The monoisotopic (exact) mass is 783 g/mol. The van der Waals surface area contributed by atoms with Crippen molar-refractivity contribution in [3.63, 3.8) is 0 Å². The summed E-state index contributed by atoms with van der Waals surface area (Å²) >= 11 is 0. The standard InChI is InChI=1S/C51H90O5/c1-10-11-12-13-14-15-16-17-18-19-20-21-22-23-24-25-44(53)55-36-40(52)46(54)56-43-30-32-49(7)41(47(43,4)5)29-33-51(9)42(49)27-26-39-45-38(37(2)3)28-31-48(45,6)34-35-50(39,51)8/h38-45,52-53H,2,10-36H2,1,3-9H3. The van der Waals surface area contributed by atoms with Gasteiger partial charge in [-0.05, 0) is 135 Å². The molecule has 0 aromatic heterocycles. The zero-order chi connectivity index (χ0) is 40.8. The van der Waals surface area contributed by atoms with Gasteiger partial charge in [0, 0.05) is 5.41 Å². The first-order chi connectivity index (χ1) is 26.5. The lowest BCUT2D eigenvalue weighted by molar-refractivity contribution is -0.250. The quantitative estimate of drug-likeness (QED) is 0.0495. The third kappa shape index (κ3) is 9.66. The first-order valence-electron chi connectivity index (χ1n) is 24.4. The Kier molecular flexibility index (Phi) is 16.2. The summed E-state index contributed by atoms with van der Waals surface area (Å²) in [5, 5.41) is 21.3. The Labute approximate surface area is 345 Å². The van der Waals surface area contributed by atoms with E-state index in [-0.39, 0.29) is 23.5 Å². The Hall–Kier alpha value is -0.910. The van der Waals surface area contributed by atoms with Crippen LogP contribution in [0.25, 0.3) is 0 Å². The minimum Gasteiger partial charge on any atom is -0.460 e. The number of allylic oxidation sites excluding steroid dienone is 1. The van der Waals surface area contributed by atoms with Gasteiger partial charge < -0.3 is 19.7 Å². The average Bonchev–Trinajstić information content (AvgIpc) is 3.51. The van der Waals surface area contributed by atoms with Crippen molar-refractivity contribution in [1.82, 2.24) is 0 Å². The van der Waals surface area contributed by atoms with Crippen molar-refractivity contribution < 1.29 is 24.5 Å². The summed E-state index contributed by atoms with van der Waals surface area (Å²) in [6.07, 6.45) is 29.9. The summed E-state index contributed by atoms with van der Waals surface area (Å²) in [4.78, 5) is 13.3. The second kappa shape index (κ2) is 19.6. The molecular weight excluding hydrogens is 693 g/mol. The van der Waals surface area contributed by atoms with Gasteiger partial charge in [-0.1, -0.05) is 151 Å². The predicted molar refractivity (Wildman–Crippen MR) is 232 cm³/mol. The zero-order valence-corrected chi connectivity index (χ0v) is 38.0. The molecule has 5 nitrogen and oxygen atoms in total.